The fraction of sp³-hybridized carbons (Fsp3) is 0.143. The van der Waals surface area contributed by atoms with E-state index in [1.807, 2.05) is 0 Å². The number of nitrogens with zero attached hydrogens (tertiary/aromatic N) is 1. The summed E-state index contributed by atoms with van der Waals surface area (Å²) in [6.45, 7) is -0.280. The molecule has 0 aliphatic rings. The molecule has 15 heteroatoms. The highest BCUT2D eigenvalue weighted by atomic mass is 32.2. The van der Waals surface area contributed by atoms with Crippen LogP contribution < -0.4 is 15.0 Å². The molecule has 0 aliphatic heterocycles. The maximum absolute atomic E-state index is 13.1. The van der Waals surface area contributed by atoms with Crippen molar-refractivity contribution in [2.24, 2.45) is 0 Å². The topological polar surface area (TPSA) is 111 Å². The number of hydrazine groups is 1. The molecular formula is C21H15F6N3O5S. The number of halogens is 6. The van der Waals surface area contributed by atoms with Gasteiger partial charge in [0.15, 0.2) is 0 Å². The summed E-state index contributed by atoms with van der Waals surface area (Å²) in [4.78, 5) is 8.95. The zero-order valence-electron chi connectivity index (χ0n) is 17.7. The molecule has 0 spiro atoms. The lowest BCUT2D eigenvalue weighted by atomic mass is 10.1. The molecule has 0 aromatic heterocycles. The highest BCUT2D eigenvalue weighted by Gasteiger charge is 2.38. The van der Waals surface area contributed by atoms with E-state index in [-0.39, 0.29) is 30.3 Å². The average Bonchev–Trinajstić information content (AvgIpc) is 2.79. The molecule has 0 bridgehead atoms. The summed E-state index contributed by atoms with van der Waals surface area (Å²) in [6.07, 6.45) is -10.6. The summed E-state index contributed by atoms with van der Waals surface area (Å²) in [7, 11) is -5.23. The van der Waals surface area contributed by atoms with E-state index in [4.69, 9.17) is 4.18 Å². The van der Waals surface area contributed by atoms with Gasteiger partial charge in [0, 0.05) is 29.9 Å². The van der Waals surface area contributed by atoms with Crippen molar-refractivity contribution in [2.45, 2.75) is 23.8 Å². The van der Waals surface area contributed by atoms with Crippen molar-refractivity contribution in [3.8, 4) is 5.75 Å². The number of nitro benzene ring substituents is 1. The Balaban J connectivity index is 1.97. The van der Waals surface area contributed by atoms with Gasteiger partial charge in [0.05, 0.1) is 16.1 Å². The molecule has 0 amide bonds. The molecule has 2 N–H and O–H groups in total. The largest absolute Gasteiger partial charge is 0.416 e. The maximum atomic E-state index is 13.1. The number of nitro groups is 1. The number of alkyl halides is 6. The van der Waals surface area contributed by atoms with Crippen LogP contribution in [0.1, 0.15) is 16.7 Å². The van der Waals surface area contributed by atoms with Crippen LogP contribution >= 0.6 is 0 Å². The lowest BCUT2D eigenvalue weighted by Gasteiger charge is -2.16. The fourth-order valence-corrected chi connectivity index (χ4v) is 3.94. The zero-order valence-corrected chi connectivity index (χ0v) is 18.5. The van der Waals surface area contributed by atoms with Crippen LogP contribution in [0, 0.1) is 10.1 Å². The molecule has 0 radical (unpaired) electrons. The van der Waals surface area contributed by atoms with Crippen molar-refractivity contribution in [1.82, 2.24) is 5.43 Å². The summed E-state index contributed by atoms with van der Waals surface area (Å²) >= 11 is 0. The van der Waals surface area contributed by atoms with E-state index < -0.39 is 54.9 Å². The normalized spacial score (nSPS) is 12.3. The van der Waals surface area contributed by atoms with Gasteiger partial charge in [-0.1, -0.05) is 18.2 Å². The van der Waals surface area contributed by atoms with Crippen LogP contribution in [0.5, 0.6) is 5.75 Å². The zero-order chi connectivity index (χ0) is 26.7. The molecular weight excluding hydrogens is 520 g/mol. The number of nitrogens with one attached hydrogen (secondary N) is 2. The Bertz CT molecular complexity index is 1330. The number of anilines is 1. The van der Waals surface area contributed by atoms with Crippen LogP contribution in [0.3, 0.4) is 0 Å². The lowest BCUT2D eigenvalue weighted by molar-refractivity contribution is -0.384. The van der Waals surface area contributed by atoms with E-state index in [0.717, 1.165) is 18.2 Å². The van der Waals surface area contributed by atoms with Gasteiger partial charge in [-0.05, 0) is 36.4 Å². The SMILES string of the molecule is O=[N+]([O-])c1ccc(OS(=O)(=O)c2cc(C(F)(F)F)cc(C(F)(F)F)c2)c(CNNc2ccccc2)c1. The predicted molar refractivity (Wildman–Crippen MR) is 114 cm³/mol. The Morgan fingerprint density at radius 2 is 1.44 bits per heavy atom. The molecule has 0 aliphatic carbocycles. The van der Waals surface area contributed by atoms with Gasteiger partial charge in [0.25, 0.3) is 5.69 Å². The van der Waals surface area contributed by atoms with E-state index >= 15 is 0 Å². The summed E-state index contributed by atoms with van der Waals surface area (Å²) in [5, 5.41) is 11.1. The van der Waals surface area contributed by atoms with Gasteiger partial charge < -0.3 is 9.61 Å². The summed E-state index contributed by atoms with van der Waals surface area (Å²) in [5.41, 5.74) is 1.68. The number of hydrogen-bond acceptors (Lipinski definition) is 7. The summed E-state index contributed by atoms with van der Waals surface area (Å²) in [5.74, 6) is -0.547. The maximum Gasteiger partial charge on any atom is 0.416 e. The summed E-state index contributed by atoms with van der Waals surface area (Å²) in [6, 6.07) is 10.9. The fourth-order valence-electron chi connectivity index (χ4n) is 2.90. The number of non-ortho nitro benzene ring substituents is 1. The van der Waals surface area contributed by atoms with Crippen LogP contribution in [-0.2, 0) is 29.0 Å². The minimum absolute atomic E-state index is 0.00481. The first-order valence-electron chi connectivity index (χ1n) is 9.72. The second-order valence-corrected chi connectivity index (χ2v) is 8.72. The van der Waals surface area contributed by atoms with E-state index in [9.17, 15) is 44.9 Å². The monoisotopic (exact) mass is 535 g/mol. The highest BCUT2D eigenvalue weighted by molar-refractivity contribution is 7.87. The third-order valence-electron chi connectivity index (χ3n) is 4.59. The van der Waals surface area contributed by atoms with Gasteiger partial charge in [0.2, 0.25) is 0 Å². The van der Waals surface area contributed by atoms with E-state index in [1.54, 1.807) is 30.3 Å². The minimum Gasteiger partial charge on any atom is -0.379 e. The standard InChI is InChI=1S/C21H15F6N3O5S/c22-20(23,24)14-9-15(21(25,26)27)11-18(10-14)36(33,34)35-19-7-6-17(30(31)32)8-13(19)12-28-29-16-4-2-1-3-5-16/h1-11,28-29H,12H2. The van der Waals surface area contributed by atoms with Crippen molar-refractivity contribution in [1.29, 1.82) is 0 Å². The Hall–Kier alpha value is -3.85. The van der Waals surface area contributed by atoms with Crippen LogP contribution in [0.2, 0.25) is 0 Å². The molecule has 0 fully saturated rings. The third kappa shape index (κ3) is 6.63. The van der Waals surface area contributed by atoms with Gasteiger partial charge in [-0.25, -0.2) is 5.43 Å². The molecule has 0 saturated heterocycles. The van der Waals surface area contributed by atoms with Crippen molar-refractivity contribution in [3.05, 3.63) is 93.5 Å². The second kappa shape index (κ2) is 10.0. The molecule has 36 heavy (non-hydrogen) atoms. The van der Waals surface area contributed by atoms with Gasteiger partial charge in [-0.2, -0.15) is 34.8 Å². The number of rotatable bonds is 8. The molecule has 0 unspecified atom stereocenters. The molecule has 8 nitrogen and oxygen atoms in total. The minimum atomic E-state index is -5.28. The molecule has 0 atom stereocenters. The highest BCUT2D eigenvalue weighted by Crippen LogP contribution is 2.38. The van der Waals surface area contributed by atoms with Gasteiger partial charge in [0.1, 0.15) is 10.6 Å². The molecule has 192 valence electrons. The van der Waals surface area contributed by atoms with Crippen molar-refractivity contribution < 1.29 is 43.9 Å². The molecule has 3 rings (SSSR count). The van der Waals surface area contributed by atoms with E-state index in [1.165, 1.54) is 0 Å². The average molecular weight is 535 g/mol. The Labute approximate surface area is 199 Å². The summed E-state index contributed by atoms with van der Waals surface area (Å²) < 4.78 is 109. The van der Waals surface area contributed by atoms with Crippen molar-refractivity contribution in [2.75, 3.05) is 5.43 Å². The molecule has 3 aromatic carbocycles. The first-order chi connectivity index (χ1) is 16.7. The molecule has 3 aromatic rings. The van der Waals surface area contributed by atoms with Crippen molar-refractivity contribution >= 4 is 21.5 Å². The number of hydrogen-bond donors (Lipinski definition) is 2. The predicted octanol–water partition coefficient (Wildman–Crippen LogP) is 5.52. The molecule has 0 heterocycles. The smallest absolute Gasteiger partial charge is 0.379 e. The van der Waals surface area contributed by atoms with Crippen LogP contribution in [-0.4, -0.2) is 13.3 Å². The number of benzene rings is 3. The lowest BCUT2D eigenvalue weighted by Crippen LogP contribution is -2.22. The first-order valence-corrected chi connectivity index (χ1v) is 11.1. The van der Waals surface area contributed by atoms with Gasteiger partial charge >= 0.3 is 22.5 Å². The van der Waals surface area contributed by atoms with E-state index in [2.05, 4.69) is 10.9 Å². The van der Waals surface area contributed by atoms with E-state index in [0.29, 0.717) is 5.69 Å². The van der Waals surface area contributed by atoms with Crippen LogP contribution in [0.25, 0.3) is 0 Å². The molecule has 0 saturated carbocycles. The van der Waals surface area contributed by atoms with Crippen LogP contribution in [0.15, 0.2) is 71.6 Å². The second-order valence-electron chi connectivity index (χ2n) is 7.17. The van der Waals surface area contributed by atoms with Crippen molar-refractivity contribution in [3.63, 3.8) is 0 Å². The van der Waals surface area contributed by atoms with Crippen LogP contribution in [0.4, 0.5) is 37.7 Å². The third-order valence-corrected chi connectivity index (χ3v) is 5.80. The number of para-hydroxylation sites is 1. The Kier molecular flexibility index (Phi) is 7.45. The Morgan fingerprint density at radius 1 is 0.861 bits per heavy atom. The first kappa shape index (κ1) is 26.7. The van der Waals surface area contributed by atoms with Gasteiger partial charge in [-0.15, -0.1) is 0 Å². The van der Waals surface area contributed by atoms with Gasteiger partial charge in [-0.3, -0.25) is 10.1 Å². The quantitative estimate of drug-likeness (QED) is 0.169. The Morgan fingerprint density at radius 3 is 1.97 bits per heavy atom.